The monoisotopic (exact) mass is 229 g/mol. The first-order valence-corrected chi connectivity index (χ1v) is 5.00. The van der Waals surface area contributed by atoms with E-state index in [9.17, 15) is 9.59 Å². The highest BCUT2D eigenvalue weighted by atomic mass is 16.6. The fourth-order valence-electron chi connectivity index (χ4n) is 0.995. The van der Waals surface area contributed by atoms with Gasteiger partial charge in [0, 0.05) is 0 Å². The molecule has 0 spiro atoms. The number of nitrogens with two attached hydrogens (primary N) is 1. The second kappa shape index (κ2) is 5.12. The van der Waals surface area contributed by atoms with Gasteiger partial charge in [0.1, 0.15) is 5.60 Å². The molecule has 0 rings (SSSR count). The SMILES string of the molecule is C=CCCC(N)(C(=O)O)C(=O)OC(C)(C)C. The summed E-state index contributed by atoms with van der Waals surface area (Å²) in [5.41, 5.74) is 2.80. The van der Waals surface area contributed by atoms with E-state index in [1.807, 2.05) is 0 Å². The van der Waals surface area contributed by atoms with Crippen molar-refractivity contribution in [1.82, 2.24) is 0 Å². The number of carboxylic acid groups (broad SMARTS) is 1. The number of carboxylic acids is 1. The molecule has 3 N–H and O–H groups in total. The molecule has 0 heterocycles. The maximum Gasteiger partial charge on any atom is 0.338 e. The van der Waals surface area contributed by atoms with Gasteiger partial charge >= 0.3 is 11.9 Å². The second-order valence-corrected chi connectivity index (χ2v) is 4.61. The number of esters is 1. The molecule has 5 heteroatoms. The predicted octanol–water partition coefficient (Wildman–Crippen LogP) is 1.08. The summed E-state index contributed by atoms with van der Waals surface area (Å²) in [7, 11) is 0. The zero-order valence-electron chi connectivity index (χ0n) is 9.95. The lowest BCUT2D eigenvalue weighted by Gasteiger charge is -2.27. The van der Waals surface area contributed by atoms with E-state index in [1.54, 1.807) is 20.8 Å². The van der Waals surface area contributed by atoms with E-state index in [4.69, 9.17) is 15.6 Å². The number of ether oxygens (including phenoxy) is 1. The first-order chi connectivity index (χ1) is 7.13. The van der Waals surface area contributed by atoms with Crippen molar-refractivity contribution in [3.63, 3.8) is 0 Å². The van der Waals surface area contributed by atoms with E-state index in [2.05, 4.69) is 6.58 Å². The minimum atomic E-state index is -2.00. The van der Waals surface area contributed by atoms with Gasteiger partial charge in [-0.15, -0.1) is 6.58 Å². The van der Waals surface area contributed by atoms with Crippen LogP contribution < -0.4 is 5.73 Å². The van der Waals surface area contributed by atoms with Crippen LogP contribution in [0.25, 0.3) is 0 Å². The summed E-state index contributed by atoms with van der Waals surface area (Å²) in [6.45, 7) is 8.42. The molecule has 0 amide bonds. The number of rotatable bonds is 5. The number of allylic oxidation sites excluding steroid dienone is 1. The highest BCUT2D eigenvalue weighted by Crippen LogP contribution is 2.17. The van der Waals surface area contributed by atoms with Gasteiger partial charge in [-0.2, -0.15) is 0 Å². The highest BCUT2D eigenvalue weighted by Gasteiger charge is 2.44. The van der Waals surface area contributed by atoms with Crippen LogP contribution in [-0.4, -0.2) is 28.2 Å². The van der Waals surface area contributed by atoms with Crippen molar-refractivity contribution in [2.24, 2.45) is 5.73 Å². The molecule has 0 aromatic rings. The van der Waals surface area contributed by atoms with Gasteiger partial charge in [0.05, 0.1) is 0 Å². The Morgan fingerprint density at radius 2 is 1.94 bits per heavy atom. The fraction of sp³-hybridized carbons (Fsp3) is 0.636. The third-order valence-corrected chi connectivity index (χ3v) is 1.89. The smallest absolute Gasteiger partial charge is 0.338 e. The maximum atomic E-state index is 11.7. The predicted molar refractivity (Wildman–Crippen MR) is 59.8 cm³/mol. The van der Waals surface area contributed by atoms with Gasteiger partial charge in [0.2, 0.25) is 5.54 Å². The van der Waals surface area contributed by atoms with E-state index in [0.29, 0.717) is 6.42 Å². The highest BCUT2D eigenvalue weighted by molar-refractivity contribution is 6.03. The molecular weight excluding hydrogens is 210 g/mol. The van der Waals surface area contributed by atoms with E-state index < -0.39 is 23.1 Å². The van der Waals surface area contributed by atoms with Crippen molar-refractivity contribution in [3.8, 4) is 0 Å². The van der Waals surface area contributed by atoms with Gasteiger partial charge in [-0.3, -0.25) is 0 Å². The van der Waals surface area contributed by atoms with Gasteiger partial charge in [-0.1, -0.05) is 6.08 Å². The van der Waals surface area contributed by atoms with Crippen LogP contribution in [0.1, 0.15) is 33.6 Å². The second-order valence-electron chi connectivity index (χ2n) is 4.61. The molecule has 0 aromatic heterocycles. The standard InChI is InChI=1S/C11H19NO4/c1-5-6-7-11(12,8(13)14)9(15)16-10(2,3)4/h5H,1,6-7,12H2,2-4H3,(H,13,14). The molecule has 0 aliphatic carbocycles. The van der Waals surface area contributed by atoms with Crippen LogP contribution in [0, 0.1) is 0 Å². The van der Waals surface area contributed by atoms with E-state index in [-0.39, 0.29) is 6.42 Å². The first kappa shape index (κ1) is 14.6. The molecule has 92 valence electrons. The summed E-state index contributed by atoms with van der Waals surface area (Å²) in [5, 5.41) is 8.97. The summed E-state index contributed by atoms with van der Waals surface area (Å²) >= 11 is 0. The van der Waals surface area contributed by atoms with E-state index >= 15 is 0 Å². The maximum absolute atomic E-state index is 11.7. The van der Waals surface area contributed by atoms with Crippen LogP contribution in [0.15, 0.2) is 12.7 Å². The third kappa shape index (κ3) is 4.02. The van der Waals surface area contributed by atoms with E-state index in [0.717, 1.165) is 0 Å². The first-order valence-electron chi connectivity index (χ1n) is 5.00. The summed E-state index contributed by atoms with van der Waals surface area (Å²) in [4.78, 5) is 22.7. The Labute approximate surface area is 95.3 Å². The number of aliphatic carboxylic acids is 1. The van der Waals surface area contributed by atoms with Gasteiger partial charge in [0.25, 0.3) is 0 Å². The molecular formula is C11H19NO4. The molecule has 0 radical (unpaired) electrons. The number of hydrogen-bond donors (Lipinski definition) is 2. The van der Waals surface area contributed by atoms with Crippen LogP contribution in [0.4, 0.5) is 0 Å². The molecule has 0 fully saturated rings. The number of carbonyl (C=O) groups excluding carboxylic acids is 1. The van der Waals surface area contributed by atoms with E-state index in [1.165, 1.54) is 6.08 Å². The number of hydrogen-bond acceptors (Lipinski definition) is 4. The normalized spacial score (nSPS) is 15.0. The lowest BCUT2D eigenvalue weighted by atomic mass is 9.94. The Balaban J connectivity index is 4.84. The van der Waals surface area contributed by atoms with Crippen molar-refractivity contribution in [2.75, 3.05) is 0 Å². The van der Waals surface area contributed by atoms with Crippen molar-refractivity contribution in [2.45, 2.75) is 44.8 Å². The topological polar surface area (TPSA) is 89.6 Å². The molecule has 0 saturated heterocycles. The van der Waals surface area contributed by atoms with Crippen LogP contribution in [-0.2, 0) is 14.3 Å². The minimum absolute atomic E-state index is 0.0270. The van der Waals surface area contributed by atoms with Crippen LogP contribution in [0.5, 0.6) is 0 Å². The minimum Gasteiger partial charge on any atom is -0.479 e. The van der Waals surface area contributed by atoms with Gasteiger partial charge < -0.3 is 15.6 Å². The lowest BCUT2D eigenvalue weighted by molar-refractivity contribution is -0.169. The average molecular weight is 229 g/mol. The Hall–Kier alpha value is -1.36. The van der Waals surface area contributed by atoms with Crippen molar-refractivity contribution < 1.29 is 19.4 Å². The Morgan fingerprint density at radius 1 is 1.44 bits per heavy atom. The Kier molecular flexibility index (Phi) is 4.68. The zero-order chi connectivity index (χ0) is 13.0. The lowest BCUT2D eigenvalue weighted by Crippen LogP contribution is -2.57. The van der Waals surface area contributed by atoms with Gasteiger partial charge in [-0.05, 0) is 33.6 Å². The Morgan fingerprint density at radius 3 is 2.25 bits per heavy atom. The molecule has 0 bridgehead atoms. The molecule has 0 aliphatic rings. The molecule has 1 atom stereocenters. The quantitative estimate of drug-likeness (QED) is 0.418. The molecule has 1 unspecified atom stereocenters. The Bertz CT molecular complexity index is 293. The number of carbonyl (C=O) groups is 2. The summed E-state index contributed by atoms with van der Waals surface area (Å²) in [6.07, 6.45) is 1.82. The third-order valence-electron chi connectivity index (χ3n) is 1.89. The zero-order valence-corrected chi connectivity index (χ0v) is 9.95. The molecule has 0 aliphatic heterocycles. The van der Waals surface area contributed by atoms with Gasteiger partial charge in [-0.25, -0.2) is 9.59 Å². The summed E-state index contributed by atoms with van der Waals surface area (Å²) < 4.78 is 4.98. The van der Waals surface area contributed by atoms with Crippen molar-refractivity contribution in [1.29, 1.82) is 0 Å². The van der Waals surface area contributed by atoms with Crippen LogP contribution in [0.2, 0.25) is 0 Å². The fourth-order valence-corrected chi connectivity index (χ4v) is 0.995. The molecule has 5 nitrogen and oxygen atoms in total. The largest absolute Gasteiger partial charge is 0.479 e. The van der Waals surface area contributed by atoms with Crippen LogP contribution in [0.3, 0.4) is 0 Å². The average Bonchev–Trinajstić information content (AvgIpc) is 2.10. The van der Waals surface area contributed by atoms with Crippen molar-refractivity contribution >= 4 is 11.9 Å². The summed E-state index contributed by atoms with van der Waals surface area (Å²) in [5.74, 6) is -2.31. The summed E-state index contributed by atoms with van der Waals surface area (Å²) in [6, 6.07) is 0. The molecule has 0 aromatic carbocycles. The van der Waals surface area contributed by atoms with Crippen molar-refractivity contribution in [3.05, 3.63) is 12.7 Å². The van der Waals surface area contributed by atoms with Gasteiger partial charge in [0.15, 0.2) is 0 Å². The van der Waals surface area contributed by atoms with Crippen LogP contribution >= 0.6 is 0 Å². The molecule has 16 heavy (non-hydrogen) atoms. The molecule has 0 saturated carbocycles.